The molecule has 15 heteroatoms. The van der Waals surface area contributed by atoms with Crippen LogP contribution in [0.4, 0.5) is 0 Å². The lowest BCUT2D eigenvalue weighted by Crippen LogP contribution is -2.45. The van der Waals surface area contributed by atoms with E-state index in [1.807, 2.05) is 13.8 Å². The monoisotopic (exact) mass is 689 g/mol. The van der Waals surface area contributed by atoms with E-state index in [4.69, 9.17) is 14.0 Å². The number of sulfone groups is 1. The van der Waals surface area contributed by atoms with Crippen molar-refractivity contribution in [3.8, 4) is 0 Å². The van der Waals surface area contributed by atoms with Crippen LogP contribution < -0.4 is 5.14 Å². The zero-order valence-electron chi connectivity index (χ0n) is 29.3. The first-order valence-corrected chi connectivity index (χ1v) is 24.0. The van der Waals surface area contributed by atoms with E-state index in [1.54, 1.807) is 38.6 Å². The summed E-state index contributed by atoms with van der Waals surface area (Å²) in [6.07, 6.45) is 6.36. The first-order chi connectivity index (χ1) is 19.5. The Morgan fingerprint density at radius 1 is 0.659 bits per heavy atom. The molecule has 2 N–H and O–H groups in total. The summed E-state index contributed by atoms with van der Waals surface area (Å²) in [5, 5.41) is 3.71. The van der Waals surface area contributed by atoms with Gasteiger partial charge in [0.05, 0.1) is 40.4 Å². The van der Waals surface area contributed by atoms with Crippen molar-refractivity contribution < 1.29 is 25.7 Å². The molecule has 252 valence electrons. The van der Waals surface area contributed by atoms with Gasteiger partial charge in [-0.2, -0.15) is 0 Å². The van der Waals surface area contributed by atoms with E-state index in [0.717, 1.165) is 11.4 Å². The van der Waals surface area contributed by atoms with Crippen molar-refractivity contribution in [2.75, 3.05) is 6.26 Å². The Hall–Kier alpha value is -1.63. The number of nitrogens with two attached hydrogens (primary N) is 1. The largest absolute Gasteiger partial charge is 0.407 e. The fourth-order valence-corrected chi connectivity index (χ4v) is 7.28. The Kier molecular flexibility index (Phi) is 13.2. The molecular weight excluding hydrogens is 635 g/mol. The summed E-state index contributed by atoms with van der Waals surface area (Å²) in [6.45, 7) is 27.9. The molecule has 0 aromatic carbocycles. The number of primary sulfonamides is 1. The summed E-state index contributed by atoms with van der Waals surface area (Å²) in [5.74, 6) is 0. The molecule has 0 saturated heterocycles. The average molecular weight is 690 g/mol. The van der Waals surface area contributed by atoms with Crippen LogP contribution in [0.25, 0.3) is 0 Å². The van der Waals surface area contributed by atoms with E-state index in [0.29, 0.717) is 11.4 Å². The zero-order chi connectivity index (χ0) is 34.7. The maximum Gasteiger partial charge on any atom is 0.214 e. The highest BCUT2D eigenvalue weighted by atomic mass is 32.2. The molecule has 0 aliphatic rings. The molecular formula is C29H55N5O6S2Si2. The Balaban J connectivity index is 0.000000440. The Morgan fingerprint density at radius 3 is 1.20 bits per heavy atom. The normalized spacial score (nSPS) is 16.4. The Morgan fingerprint density at radius 2 is 0.977 bits per heavy atom. The first kappa shape index (κ1) is 40.4. The van der Waals surface area contributed by atoms with Crippen LogP contribution in [-0.4, -0.2) is 70.2 Å². The molecule has 0 amide bonds. The van der Waals surface area contributed by atoms with E-state index < -0.39 is 59.2 Å². The number of nitrogens with zero attached hydrogens (tertiary/aromatic N) is 4. The second-order valence-corrected chi connectivity index (χ2v) is 28.4. The third kappa shape index (κ3) is 11.3. The fraction of sp³-hybridized carbons (Fsp3) is 0.724. The molecule has 0 fully saturated rings. The molecule has 0 bridgehead atoms. The lowest BCUT2D eigenvalue weighted by molar-refractivity contribution is 0.176. The van der Waals surface area contributed by atoms with E-state index in [2.05, 4.69) is 87.7 Å². The summed E-state index contributed by atoms with van der Waals surface area (Å²) < 4.78 is 60.4. The van der Waals surface area contributed by atoms with Crippen molar-refractivity contribution >= 4 is 36.5 Å². The Bertz CT molecular complexity index is 1330. The molecule has 4 atom stereocenters. The van der Waals surface area contributed by atoms with Crippen LogP contribution in [0.3, 0.4) is 0 Å². The van der Waals surface area contributed by atoms with Crippen molar-refractivity contribution in [3.63, 3.8) is 0 Å². The highest BCUT2D eigenvalue weighted by Gasteiger charge is 2.44. The van der Waals surface area contributed by atoms with Crippen LogP contribution in [0.1, 0.15) is 90.4 Å². The molecule has 0 aliphatic carbocycles. The van der Waals surface area contributed by atoms with Gasteiger partial charge in [0, 0.05) is 18.6 Å². The minimum atomic E-state index is -3.75. The highest BCUT2D eigenvalue weighted by Crippen LogP contribution is 2.42. The van der Waals surface area contributed by atoms with Gasteiger partial charge in [0.1, 0.15) is 17.5 Å². The number of rotatable bonds is 10. The molecule has 11 nitrogen and oxygen atoms in total. The van der Waals surface area contributed by atoms with Gasteiger partial charge >= 0.3 is 0 Å². The van der Waals surface area contributed by atoms with E-state index in [1.165, 1.54) is 6.26 Å². The van der Waals surface area contributed by atoms with Crippen LogP contribution >= 0.6 is 0 Å². The number of hydrogen-bond acceptors (Lipinski definition) is 10. The van der Waals surface area contributed by atoms with Crippen LogP contribution in [-0.2, 0) is 28.7 Å². The maximum absolute atomic E-state index is 12.0. The number of hydrogen-bond donors (Lipinski definition) is 1. The lowest BCUT2D eigenvalue weighted by Gasteiger charge is -2.40. The van der Waals surface area contributed by atoms with Gasteiger partial charge in [-0.05, 0) is 64.0 Å². The van der Waals surface area contributed by atoms with Crippen molar-refractivity contribution in [1.82, 2.24) is 19.9 Å². The average Bonchev–Trinajstić information content (AvgIpc) is 2.84. The highest BCUT2D eigenvalue weighted by molar-refractivity contribution is 7.91. The van der Waals surface area contributed by atoms with E-state index in [9.17, 15) is 16.8 Å². The van der Waals surface area contributed by atoms with Gasteiger partial charge in [0.25, 0.3) is 0 Å². The van der Waals surface area contributed by atoms with E-state index >= 15 is 0 Å². The summed E-state index contributed by atoms with van der Waals surface area (Å²) in [5.41, 5.74) is 2.63. The van der Waals surface area contributed by atoms with Crippen LogP contribution in [0.2, 0.25) is 36.3 Å². The summed E-state index contributed by atoms with van der Waals surface area (Å²) >= 11 is 0. The van der Waals surface area contributed by atoms with Gasteiger partial charge in [-0.3, -0.25) is 19.9 Å². The molecule has 0 aliphatic heterocycles. The molecule has 0 saturated carbocycles. The topological polar surface area (TPSA) is 164 Å². The van der Waals surface area contributed by atoms with Gasteiger partial charge in [-0.25, -0.2) is 22.0 Å². The standard InChI is InChI=1S/C15H28N2O3SSi.C14H27N3O3SSi/c1-11-9-17-13(10-16-11)14(12(2)21(6,18)19)20-22(7,8)15(3,4)5;1-10-8-17-12(9-16-10)13(11(2)21(15,18)19)20-22(6,7)14(3,4)5/h9-10,12,14H,1-8H3;8-9,11,13H,1-7H3,(H2,15,18,19)/t12-,14-;11-,13-/m00/s1. The molecule has 0 spiro atoms. The van der Waals surface area contributed by atoms with Crippen LogP contribution in [0, 0.1) is 13.8 Å². The van der Waals surface area contributed by atoms with Crippen molar-refractivity contribution in [2.45, 2.75) is 128 Å². The number of aromatic nitrogens is 4. The quantitative estimate of drug-likeness (QED) is 0.301. The lowest BCUT2D eigenvalue weighted by atomic mass is 10.2. The predicted octanol–water partition coefficient (Wildman–Crippen LogP) is 5.81. The summed E-state index contributed by atoms with van der Waals surface area (Å²) in [7, 11) is -11.3. The van der Waals surface area contributed by atoms with Gasteiger partial charge in [0.15, 0.2) is 26.5 Å². The van der Waals surface area contributed by atoms with Crippen LogP contribution in [0.5, 0.6) is 0 Å². The first-order valence-electron chi connectivity index (χ1n) is 14.6. The van der Waals surface area contributed by atoms with Crippen LogP contribution in [0.15, 0.2) is 24.8 Å². The minimum absolute atomic E-state index is 0.0133. The van der Waals surface area contributed by atoms with Crippen molar-refractivity contribution in [3.05, 3.63) is 47.6 Å². The predicted molar refractivity (Wildman–Crippen MR) is 182 cm³/mol. The van der Waals surface area contributed by atoms with Gasteiger partial charge in [-0.1, -0.05) is 41.5 Å². The number of aryl methyl sites for hydroxylation is 2. The molecule has 2 rings (SSSR count). The Labute approximate surface area is 268 Å². The third-order valence-electron chi connectivity index (χ3n) is 8.69. The van der Waals surface area contributed by atoms with Crippen molar-refractivity contribution in [1.29, 1.82) is 0 Å². The summed E-state index contributed by atoms with van der Waals surface area (Å²) in [6, 6.07) is 0. The van der Waals surface area contributed by atoms with Gasteiger partial charge < -0.3 is 8.85 Å². The number of sulfonamides is 1. The van der Waals surface area contributed by atoms with E-state index in [-0.39, 0.29) is 10.1 Å². The molecule has 0 radical (unpaired) electrons. The third-order valence-corrected chi connectivity index (χ3v) is 20.5. The second kappa shape index (κ2) is 14.4. The minimum Gasteiger partial charge on any atom is -0.407 e. The summed E-state index contributed by atoms with van der Waals surface area (Å²) in [4.78, 5) is 17.1. The van der Waals surface area contributed by atoms with Gasteiger partial charge in [-0.15, -0.1) is 0 Å². The fourth-order valence-electron chi connectivity index (χ4n) is 3.28. The van der Waals surface area contributed by atoms with Gasteiger partial charge in [0.2, 0.25) is 10.0 Å². The maximum atomic E-state index is 12.0. The van der Waals surface area contributed by atoms with Crippen molar-refractivity contribution in [2.24, 2.45) is 5.14 Å². The SMILES string of the molecule is Cc1cnc([C@@H](O[Si](C)(C)C(C)(C)C)[C@H](C)S(C)(=O)=O)cn1.Cc1cnc([C@@H](O[Si](C)(C)C(C)(C)C)[C@H](C)S(N)(=O)=O)cn1. The molecule has 2 aromatic heterocycles. The molecule has 2 heterocycles. The zero-order valence-corrected chi connectivity index (χ0v) is 32.9. The smallest absolute Gasteiger partial charge is 0.214 e. The molecule has 0 unspecified atom stereocenters. The molecule has 2 aromatic rings. The molecule has 44 heavy (non-hydrogen) atoms. The second-order valence-electron chi connectivity index (χ2n) is 14.6.